The van der Waals surface area contributed by atoms with Crippen molar-refractivity contribution in [3.63, 3.8) is 0 Å². The summed E-state index contributed by atoms with van der Waals surface area (Å²) in [6.45, 7) is 3.22. The van der Waals surface area contributed by atoms with Gasteiger partial charge in [0.05, 0.1) is 23.4 Å². The predicted octanol–water partition coefficient (Wildman–Crippen LogP) is 5.92. The number of halogens is 5. The lowest BCUT2D eigenvalue weighted by atomic mass is 10.1. The molecule has 0 saturated heterocycles. The van der Waals surface area contributed by atoms with Gasteiger partial charge in [0.2, 0.25) is 5.88 Å². The lowest BCUT2D eigenvalue weighted by Gasteiger charge is -2.28. The molecule has 0 bridgehead atoms. The molecule has 12 heteroatoms. The summed E-state index contributed by atoms with van der Waals surface area (Å²) < 4.78 is 64.9. The van der Waals surface area contributed by atoms with Crippen LogP contribution in [0, 0.1) is 5.82 Å². The quantitative estimate of drug-likeness (QED) is 0.302. The van der Waals surface area contributed by atoms with Gasteiger partial charge in [-0.3, -0.25) is 4.79 Å². The van der Waals surface area contributed by atoms with E-state index in [1.165, 1.54) is 18.3 Å². The van der Waals surface area contributed by atoms with Gasteiger partial charge in [0.15, 0.2) is 11.6 Å². The molecule has 1 amide bonds. The average Bonchev–Trinajstić information content (AvgIpc) is 2.80. The van der Waals surface area contributed by atoms with Gasteiger partial charge in [-0.25, -0.2) is 19.2 Å². The number of hydrogen-bond donors (Lipinski definition) is 0. The van der Waals surface area contributed by atoms with E-state index in [2.05, 4.69) is 9.97 Å². The zero-order chi connectivity index (χ0) is 25.9. The van der Waals surface area contributed by atoms with E-state index in [-0.39, 0.29) is 22.0 Å². The Labute approximate surface area is 202 Å². The zero-order valence-electron chi connectivity index (χ0n) is 18.6. The van der Waals surface area contributed by atoms with Gasteiger partial charge >= 0.3 is 12.1 Å². The van der Waals surface area contributed by atoms with Crippen LogP contribution in [-0.4, -0.2) is 35.0 Å². The minimum absolute atomic E-state index is 0.0389. The fourth-order valence-electron chi connectivity index (χ4n) is 3.13. The third-order valence-corrected chi connectivity index (χ3v) is 4.90. The van der Waals surface area contributed by atoms with Crippen LogP contribution < -0.4 is 9.64 Å². The van der Waals surface area contributed by atoms with Crippen LogP contribution in [0.15, 0.2) is 48.8 Å². The Morgan fingerprint density at radius 1 is 1.11 bits per heavy atom. The highest BCUT2D eigenvalue weighted by Crippen LogP contribution is 2.39. The van der Waals surface area contributed by atoms with Crippen molar-refractivity contribution in [3.05, 3.63) is 76.5 Å². The lowest BCUT2D eigenvalue weighted by Crippen LogP contribution is -2.38. The number of benzene rings is 1. The van der Waals surface area contributed by atoms with Crippen molar-refractivity contribution >= 4 is 29.2 Å². The van der Waals surface area contributed by atoms with Crippen molar-refractivity contribution in [2.45, 2.75) is 26.1 Å². The van der Waals surface area contributed by atoms with E-state index in [9.17, 15) is 22.8 Å². The number of rotatable bonds is 6. The summed E-state index contributed by atoms with van der Waals surface area (Å²) in [6, 6.07) is 5.60. The molecule has 0 N–H and O–H groups in total. The van der Waals surface area contributed by atoms with Crippen LogP contribution in [0.2, 0.25) is 5.02 Å². The number of alkyl halides is 3. The largest absolute Gasteiger partial charge is 0.465 e. The smallest absolute Gasteiger partial charge is 0.421 e. The number of amides is 1. The molecule has 2 heterocycles. The molecule has 1 aromatic carbocycles. The van der Waals surface area contributed by atoms with Crippen molar-refractivity contribution in [1.29, 1.82) is 0 Å². The predicted molar refractivity (Wildman–Crippen MR) is 118 cm³/mol. The number of pyridine rings is 2. The van der Waals surface area contributed by atoms with Gasteiger partial charge in [-0.1, -0.05) is 11.6 Å². The van der Waals surface area contributed by atoms with E-state index in [1.807, 2.05) is 0 Å². The highest BCUT2D eigenvalue weighted by molar-refractivity contribution is 6.30. The molecule has 0 unspecified atom stereocenters. The first-order valence-electron chi connectivity index (χ1n) is 10.0. The van der Waals surface area contributed by atoms with Gasteiger partial charge in [0, 0.05) is 30.6 Å². The van der Waals surface area contributed by atoms with Crippen LogP contribution in [-0.2, 0) is 10.9 Å². The minimum atomic E-state index is -4.82. The fourth-order valence-corrected chi connectivity index (χ4v) is 3.25. The summed E-state index contributed by atoms with van der Waals surface area (Å²) in [6.07, 6.45) is -2.54. The molecular weight excluding hydrogens is 494 g/mol. The van der Waals surface area contributed by atoms with Gasteiger partial charge in [0.25, 0.3) is 5.91 Å². The lowest BCUT2D eigenvalue weighted by molar-refractivity contribution is -0.138. The number of nitrogens with zero attached hydrogens (tertiary/aromatic N) is 3. The number of esters is 1. The molecule has 0 atom stereocenters. The Bertz CT molecular complexity index is 1250. The van der Waals surface area contributed by atoms with Crippen LogP contribution in [0.5, 0.6) is 11.6 Å². The van der Waals surface area contributed by atoms with E-state index in [0.717, 1.165) is 36.4 Å². The SMILES string of the molecule is COC(=O)c1cc(Oc2ncccc2C(F)(F)F)c(F)cc1N(C(=O)c1ccc(Cl)cn1)C(C)C. The van der Waals surface area contributed by atoms with E-state index in [0.29, 0.717) is 6.07 Å². The standard InChI is InChI=1S/C23H18ClF4N3O4/c1-12(2)31(21(32)17-7-6-13(24)11-30-17)18-10-16(25)19(9-14(18)22(33)34-3)35-20-15(23(26,27)28)5-4-8-29-20/h4-12H,1-3H3. The Hall–Kier alpha value is -3.73. The first-order valence-corrected chi connectivity index (χ1v) is 10.4. The average molecular weight is 512 g/mol. The minimum Gasteiger partial charge on any atom is -0.465 e. The molecule has 2 aromatic heterocycles. The molecule has 184 valence electrons. The van der Waals surface area contributed by atoms with Crippen molar-refractivity contribution in [1.82, 2.24) is 9.97 Å². The summed E-state index contributed by atoms with van der Waals surface area (Å²) in [5.41, 5.74) is -1.81. The van der Waals surface area contributed by atoms with Gasteiger partial charge in [-0.2, -0.15) is 13.2 Å². The van der Waals surface area contributed by atoms with Crippen molar-refractivity contribution in [2.24, 2.45) is 0 Å². The molecule has 35 heavy (non-hydrogen) atoms. The highest BCUT2D eigenvalue weighted by Gasteiger charge is 2.36. The number of ether oxygens (including phenoxy) is 2. The van der Waals surface area contributed by atoms with E-state index in [1.54, 1.807) is 13.8 Å². The molecule has 0 fully saturated rings. The molecule has 0 radical (unpaired) electrons. The van der Waals surface area contributed by atoms with E-state index >= 15 is 4.39 Å². The first-order chi connectivity index (χ1) is 16.4. The second-order valence-electron chi connectivity index (χ2n) is 7.38. The number of aromatic nitrogens is 2. The van der Waals surface area contributed by atoms with E-state index < -0.39 is 47.1 Å². The molecule has 0 saturated carbocycles. The van der Waals surface area contributed by atoms with Crippen LogP contribution in [0.3, 0.4) is 0 Å². The number of methoxy groups -OCH3 is 1. The van der Waals surface area contributed by atoms with Gasteiger partial charge in [-0.15, -0.1) is 0 Å². The zero-order valence-corrected chi connectivity index (χ0v) is 19.3. The summed E-state index contributed by atoms with van der Waals surface area (Å²) in [5.74, 6) is -4.44. The van der Waals surface area contributed by atoms with Gasteiger partial charge < -0.3 is 14.4 Å². The molecule has 3 rings (SSSR count). The third kappa shape index (κ3) is 5.68. The monoisotopic (exact) mass is 511 g/mol. The molecule has 0 aliphatic heterocycles. The first kappa shape index (κ1) is 25.9. The second-order valence-corrected chi connectivity index (χ2v) is 7.81. The Kier molecular flexibility index (Phi) is 7.59. The summed E-state index contributed by atoms with van der Waals surface area (Å²) in [4.78, 5) is 34.3. The van der Waals surface area contributed by atoms with Gasteiger partial charge in [0.1, 0.15) is 11.3 Å². The Morgan fingerprint density at radius 3 is 2.40 bits per heavy atom. The number of carbonyl (C=O) groups excluding carboxylic acids is 2. The van der Waals surface area contributed by atoms with E-state index in [4.69, 9.17) is 21.1 Å². The van der Waals surface area contributed by atoms with Crippen molar-refractivity contribution in [3.8, 4) is 11.6 Å². The maximum atomic E-state index is 15.1. The highest BCUT2D eigenvalue weighted by atomic mass is 35.5. The van der Waals surface area contributed by atoms with Crippen molar-refractivity contribution in [2.75, 3.05) is 12.0 Å². The summed E-state index contributed by atoms with van der Waals surface area (Å²) in [5, 5.41) is 0.285. The molecule has 0 aliphatic carbocycles. The second kappa shape index (κ2) is 10.3. The molecular formula is C23H18ClF4N3O4. The maximum absolute atomic E-state index is 15.1. The van der Waals surface area contributed by atoms with Crippen LogP contribution >= 0.6 is 11.6 Å². The molecule has 0 aliphatic rings. The van der Waals surface area contributed by atoms with Gasteiger partial charge in [-0.05, 0) is 38.1 Å². The normalized spacial score (nSPS) is 11.3. The van der Waals surface area contributed by atoms with Crippen molar-refractivity contribution < 1.29 is 36.6 Å². The number of carbonyl (C=O) groups is 2. The summed E-state index contributed by atoms with van der Waals surface area (Å²) >= 11 is 5.82. The fraction of sp³-hybridized carbons (Fsp3) is 0.217. The molecule has 3 aromatic rings. The number of anilines is 1. The van der Waals surface area contributed by atoms with Crippen LogP contribution in [0.1, 0.15) is 40.3 Å². The molecule has 0 spiro atoms. The maximum Gasteiger partial charge on any atom is 0.421 e. The topological polar surface area (TPSA) is 81.6 Å². The summed E-state index contributed by atoms with van der Waals surface area (Å²) in [7, 11) is 1.05. The third-order valence-electron chi connectivity index (χ3n) is 4.68. The molecule has 7 nitrogen and oxygen atoms in total. The van der Waals surface area contributed by atoms with Crippen LogP contribution in [0.4, 0.5) is 23.2 Å². The Morgan fingerprint density at radius 2 is 1.83 bits per heavy atom. The number of hydrogen-bond acceptors (Lipinski definition) is 6. The van der Waals surface area contributed by atoms with Crippen LogP contribution in [0.25, 0.3) is 0 Å². The Balaban J connectivity index is 2.13.